The average Bonchev–Trinajstić information content (AvgIpc) is 2.56. The van der Waals surface area contributed by atoms with Gasteiger partial charge < -0.3 is 9.64 Å². The molecule has 1 unspecified atom stereocenters. The monoisotopic (exact) mass is 423 g/mol. The number of carbonyl (C=O) groups excluding carboxylic acids is 1. The highest BCUT2D eigenvalue weighted by atomic mass is 79.9. The first-order valence-corrected chi connectivity index (χ1v) is 9.33. The molecule has 1 aliphatic rings. The number of hydrogen-bond acceptors (Lipinski definition) is 4. The van der Waals surface area contributed by atoms with E-state index in [2.05, 4.69) is 25.9 Å². The lowest BCUT2D eigenvalue weighted by molar-refractivity contribution is 0.0527. The molecule has 5 nitrogen and oxygen atoms in total. The molecule has 1 aromatic heterocycles. The fraction of sp³-hybridized carbons (Fsp3) is 0.389. The van der Waals surface area contributed by atoms with Crippen molar-refractivity contribution in [1.82, 2.24) is 14.9 Å². The van der Waals surface area contributed by atoms with E-state index in [1.807, 2.05) is 26.0 Å². The van der Waals surface area contributed by atoms with E-state index in [0.29, 0.717) is 35.4 Å². The van der Waals surface area contributed by atoms with Gasteiger partial charge >= 0.3 is 0 Å². The Labute approximate surface area is 160 Å². The summed E-state index contributed by atoms with van der Waals surface area (Å²) in [6.45, 7) is 4.96. The van der Waals surface area contributed by atoms with Crippen molar-refractivity contribution in [2.75, 3.05) is 13.1 Å². The van der Waals surface area contributed by atoms with Crippen LogP contribution in [0.5, 0.6) is 5.88 Å². The lowest BCUT2D eigenvalue weighted by Crippen LogP contribution is -2.44. The van der Waals surface area contributed by atoms with Gasteiger partial charge in [-0.15, -0.1) is 0 Å². The van der Waals surface area contributed by atoms with Crippen LogP contribution in [0.1, 0.15) is 34.7 Å². The maximum atomic E-state index is 12.8. The molecular formula is C18H19BrClN3O2. The Morgan fingerprint density at radius 3 is 2.88 bits per heavy atom. The molecule has 3 rings (SSSR count). The Hall–Kier alpha value is -1.66. The summed E-state index contributed by atoms with van der Waals surface area (Å²) < 4.78 is 6.83. The third kappa shape index (κ3) is 4.50. The second-order valence-electron chi connectivity index (χ2n) is 6.15. The minimum absolute atomic E-state index is 0.0744. The Morgan fingerprint density at radius 2 is 2.12 bits per heavy atom. The molecule has 1 fully saturated rings. The van der Waals surface area contributed by atoms with Crippen LogP contribution in [0.3, 0.4) is 0 Å². The number of benzene rings is 1. The van der Waals surface area contributed by atoms with Crippen LogP contribution in [0.15, 0.2) is 28.7 Å². The minimum atomic E-state index is -0.0858. The van der Waals surface area contributed by atoms with E-state index >= 15 is 0 Å². The van der Waals surface area contributed by atoms with Crippen LogP contribution >= 0.6 is 27.5 Å². The van der Waals surface area contributed by atoms with Gasteiger partial charge in [-0.05, 0) is 44.9 Å². The van der Waals surface area contributed by atoms with E-state index in [1.54, 1.807) is 17.0 Å². The number of nitrogens with zero attached hydrogens (tertiary/aromatic N) is 3. The molecule has 0 spiro atoms. The van der Waals surface area contributed by atoms with Crippen LogP contribution in [-0.4, -0.2) is 40.0 Å². The maximum Gasteiger partial charge on any atom is 0.255 e. The fourth-order valence-corrected chi connectivity index (χ4v) is 3.52. The molecule has 1 aromatic carbocycles. The summed E-state index contributed by atoms with van der Waals surface area (Å²) >= 11 is 9.58. The molecule has 1 amide bonds. The van der Waals surface area contributed by atoms with Crippen LogP contribution in [0.4, 0.5) is 0 Å². The molecule has 0 bridgehead atoms. The van der Waals surface area contributed by atoms with Crippen LogP contribution in [0.2, 0.25) is 5.02 Å². The lowest BCUT2D eigenvalue weighted by Gasteiger charge is -2.33. The van der Waals surface area contributed by atoms with Crippen molar-refractivity contribution < 1.29 is 9.53 Å². The summed E-state index contributed by atoms with van der Waals surface area (Å²) in [7, 11) is 0. The predicted molar refractivity (Wildman–Crippen MR) is 100 cm³/mol. The Morgan fingerprint density at radius 1 is 1.32 bits per heavy atom. The summed E-state index contributed by atoms with van der Waals surface area (Å²) in [5.74, 6) is 1.17. The van der Waals surface area contributed by atoms with Crippen molar-refractivity contribution in [3.8, 4) is 5.88 Å². The van der Waals surface area contributed by atoms with E-state index in [-0.39, 0.29) is 12.0 Å². The first kappa shape index (κ1) is 18.1. The van der Waals surface area contributed by atoms with Crippen molar-refractivity contribution in [2.24, 2.45) is 0 Å². The molecule has 0 aliphatic carbocycles. The molecule has 0 saturated carbocycles. The Kier molecular flexibility index (Phi) is 5.59. The van der Waals surface area contributed by atoms with Crippen molar-refractivity contribution in [3.63, 3.8) is 0 Å². The van der Waals surface area contributed by atoms with Gasteiger partial charge in [-0.2, -0.15) is 4.98 Å². The third-order valence-corrected chi connectivity index (χ3v) is 4.88. The SMILES string of the molecule is Cc1cc(OC2CCCN(C(=O)c3cc(Br)ccc3Cl)C2)nc(C)n1. The summed E-state index contributed by atoms with van der Waals surface area (Å²) in [6.07, 6.45) is 1.68. The predicted octanol–water partition coefficient (Wildman–Crippen LogP) is 4.19. The number of aromatic nitrogens is 2. The normalized spacial score (nSPS) is 17.4. The van der Waals surface area contributed by atoms with Gasteiger partial charge in [-0.25, -0.2) is 4.98 Å². The number of hydrogen-bond donors (Lipinski definition) is 0. The Balaban J connectivity index is 1.72. The highest BCUT2D eigenvalue weighted by molar-refractivity contribution is 9.10. The molecule has 2 aromatic rings. The standard InChI is InChI=1S/C18H19BrClN3O2/c1-11-8-17(22-12(2)21-11)25-14-4-3-7-23(10-14)18(24)15-9-13(19)5-6-16(15)20/h5-6,8-9,14H,3-4,7,10H2,1-2H3. The van der Waals surface area contributed by atoms with Crippen LogP contribution in [-0.2, 0) is 0 Å². The topological polar surface area (TPSA) is 55.3 Å². The number of ether oxygens (including phenoxy) is 1. The highest BCUT2D eigenvalue weighted by Crippen LogP contribution is 2.25. The molecule has 132 valence electrons. The van der Waals surface area contributed by atoms with E-state index in [4.69, 9.17) is 16.3 Å². The third-order valence-electron chi connectivity index (χ3n) is 4.05. The molecule has 25 heavy (non-hydrogen) atoms. The molecule has 7 heteroatoms. The van der Waals surface area contributed by atoms with Crippen molar-refractivity contribution in [1.29, 1.82) is 0 Å². The smallest absolute Gasteiger partial charge is 0.255 e. The second kappa shape index (κ2) is 7.70. The van der Waals surface area contributed by atoms with Gasteiger partial charge in [0.25, 0.3) is 5.91 Å². The molecule has 2 heterocycles. The van der Waals surface area contributed by atoms with E-state index in [1.165, 1.54) is 0 Å². The van der Waals surface area contributed by atoms with Gasteiger partial charge in [-0.3, -0.25) is 4.79 Å². The zero-order chi connectivity index (χ0) is 18.0. The number of rotatable bonds is 3. The number of aryl methyl sites for hydroxylation is 2. The number of amides is 1. The molecular weight excluding hydrogens is 406 g/mol. The zero-order valence-corrected chi connectivity index (χ0v) is 16.5. The fourth-order valence-electron chi connectivity index (χ4n) is 2.96. The van der Waals surface area contributed by atoms with Crippen molar-refractivity contribution in [3.05, 3.63) is 50.8 Å². The molecule has 1 aliphatic heterocycles. The van der Waals surface area contributed by atoms with Crippen LogP contribution < -0.4 is 4.74 Å². The lowest BCUT2D eigenvalue weighted by atomic mass is 10.1. The largest absolute Gasteiger partial charge is 0.472 e. The Bertz CT molecular complexity index is 780. The number of piperidine rings is 1. The minimum Gasteiger partial charge on any atom is -0.472 e. The van der Waals surface area contributed by atoms with Crippen LogP contribution in [0, 0.1) is 13.8 Å². The maximum absolute atomic E-state index is 12.8. The first-order valence-electron chi connectivity index (χ1n) is 8.15. The molecule has 1 atom stereocenters. The molecule has 1 saturated heterocycles. The van der Waals surface area contributed by atoms with Gasteiger partial charge in [0.05, 0.1) is 17.1 Å². The van der Waals surface area contributed by atoms with Gasteiger partial charge in [0.15, 0.2) is 0 Å². The summed E-state index contributed by atoms with van der Waals surface area (Å²) in [5, 5.41) is 0.457. The van der Waals surface area contributed by atoms with E-state index in [9.17, 15) is 4.79 Å². The van der Waals surface area contributed by atoms with Gasteiger partial charge in [0.2, 0.25) is 5.88 Å². The van der Waals surface area contributed by atoms with E-state index in [0.717, 1.165) is 23.0 Å². The molecule has 0 N–H and O–H groups in total. The van der Waals surface area contributed by atoms with Gasteiger partial charge in [-0.1, -0.05) is 27.5 Å². The van der Waals surface area contributed by atoms with E-state index < -0.39 is 0 Å². The first-order chi connectivity index (χ1) is 11.9. The average molecular weight is 425 g/mol. The number of carbonyl (C=O) groups is 1. The van der Waals surface area contributed by atoms with Crippen molar-refractivity contribution in [2.45, 2.75) is 32.8 Å². The van der Waals surface area contributed by atoms with Gasteiger partial charge in [0, 0.05) is 22.8 Å². The number of halogens is 2. The van der Waals surface area contributed by atoms with Crippen molar-refractivity contribution >= 4 is 33.4 Å². The summed E-state index contributed by atoms with van der Waals surface area (Å²) in [6, 6.07) is 7.12. The second-order valence-corrected chi connectivity index (χ2v) is 7.48. The summed E-state index contributed by atoms with van der Waals surface area (Å²) in [5.41, 5.74) is 1.37. The zero-order valence-electron chi connectivity index (χ0n) is 14.1. The van der Waals surface area contributed by atoms with Gasteiger partial charge in [0.1, 0.15) is 11.9 Å². The number of likely N-dealkylation sites (tertiary alicyclic amines) is 1. The summed E-state index contributed by atoms with van der Waals surface area (Å²) in [4.78, 5) is 23.2. The highest BCUT2D eigenvalue weighted by Gasteiger charge is 2.27. The van der Waals surface area contributed by atoms with Crippen LogP contribution in [0.25, 0.3) is 0 Å². The quantitative estimate of drug-likeness (QED) is 0.741. The molecule has 0 radical (unpaired) electrons.